The van der Waals surface area contributed by atoms with Crippen molar-refractivity contribution in [2.75, 3.05) is 0 Å². The molecule has 0 spiro atoms. The second kappa shape index (κ2) is 5.10. The summed E-state index contributed by atoms with van der Waals surface area (Å²) in [6.45, 7) is 4.53. The van der Waals surface area contributed by atoms with Crippen LogP contribution in [0.4, 0.5) is 0 Å². The van der Waals surface area contributed by atoms with Crippen molar-refractivity contribution >= 4 is 33.0 Å². The average Bonchev–Trinajstić information content (AvgIpc) is 2.62. The Hall–Kier alpha value is -1.00. The second-order valence-electron chi connectivity index (χ2n) is 3.92. The zero-order chi connectivity index (χ0) is 12.4. The molecule has 0 aliphatic rings. The number of rotatable bonds is 3. The maximum absolute atomic E-state index is 12.1. The van der Waals surface area contributed by atoms with E-state index in [-0.39, 0.29) is 5.78 Å². The van der Waals surface area contributed by atoms with Gasteiger partial charge in [0.1, 0.15) is 0 Å². The first kappa shape index (κ1) is 12.5. The van der Waals surface area contributed by atoms with Gasteiger partial charge in [0.2, 0.25) is 17.8 Å². The summed E-state index contributed by atoms with van der Waals surface area (Å²) in [5.74, 6) is 0.142. The quantitative estimate of drug-likeness (QED) is 0.629. The molecule has 0 bridgehead atoms. The van der Waals surface area contributed by atoms with E-state index >= 15 is 0 Å². The zero-order valence-corrected chi connectivity index (χ0v) is 12.1. The number of hydrogen-bond acceptors (Lipinski definition) is 2. The lowest BCUT2D eigenvalue weighted by atomic mass is 10.1. The van der Waals surface area contributed by atoms with E-state index in [9.17, 15) is 4.79 Å². The Kier molecular flexibility index (Phi) is 3.74. The maximum atomic E-state index is 12.1. The predicted octanol–water partition coefficient (Wildman–Crippen LogP) is 3.30. The summed E-state index contributed by atoms with van der Waals surface area (Å²) in [6.07, 6.45) is 0. The van der Waals surface area contributed by atoms with Crippen molar-refractivity contribution in [1.82, 2.24) is 0 Å². The number of carbonyl (C=O) groups is 1. The molecule has 0 saturated carbocycles. The minimum Gasteiger partial charge on any atom is -0.287 e. The van der Waals surface area contributed by atoms with E-state index in [4.69, 9.17) is 0 Å². The summed E-state index contributed by atoms with van der Waals surface area (Å²) in [4.78, 5) is 13.3. The van der Waals surface area contributed by atoms with Crippen molar-refractivity contribution in [3.05, 3.63) is 50.4 Å². The highest BCUT2D eigenvalue weighted by molar-refractivity contribution is 9.10. The Labute approximate surface area is 113 Å². The van der Waals surface area contributed by atoms with E-state index in [1.54, 1.807) is 11.3 Å². The zero-order valence-electron chi connectivity index (χ0n) is 9.74. The van der Waals surface area contributed by atoms with E-state index in [0.717, 1.165) is 10.0 Å². The van der Waals surface area contributed by atoms with Crippen molar-refractivity contribution in [2.45, 2.75) is 20.4 Å². The standard InChI is InChI=1S/C13H13BrNOS/c1-9-10(2)17-8-15(9)7-13(16)11-3-5-12(14)6-4-11/h3-6,8H,7H2,1-2H3/q+1. The molecule has 2 rings (SSSR count). The van der Waals surface area contributed by atoms with Gasteiger partial charge in [-0.2, -0.15) is 4.57 Å². The van der Waals surface area contributed by atoms with Crippen LogP contribution in [0, 0.1) is 13.8 Å². The molecule has 0 aliphatic heterocycles. The fraction of sp³-hybridized carbons (Fsp3) is 0.231. The van der Waals surface area contributed by atoms with Gasteiger partial charge in [-0.1, -0.05) is 39.4 Å². The molecule has 0 N–H and O–H groups in total. The molecule has 1 heterocycles. The van der Waals surface area contributed by atoms with E-state index in [1.807, 2.05) is 41.3 Å². The van der Waals surface area contributed by atoms with Gasteiger partial charge in [0.25, 0.3) is 0 Å². The number of Topliss-reactive ketones (excluding diaryl/α,β-unsaturated/α-hetero) is 1. The molecule has 1 aromatic heterocycles. The number of ketones is 1. The number of benzene rings is 1. The van der Waals surface area contributed by atoms with Gasteiger partial charge in [0.15, 0.2) is 5.69 Å². The van der Waals surface area contributed by atoms with Crippen molar-refractivity contribution in [1.29, 1.82) is 0 Å². The van der Waals surface area contributed by atoms with E-state index in [2.05, 4.69) is 22.9 Å². The van der Waals surface area contributed by atoms with E-state index in [1.165, 1.54) is 10.6 Å². The van der Waals surface area contributed by atoms with Crippen LogP contribution in [0.25, 0.3) is 0 Å². The molecule has 1 aromatic carbocycles. The van der Waals surface area contributed by atoms with E-state index < -0.39 is 0 Å². The van der Waals surface area contributed by atoms with Gasteiger partial charge in [-0.15, -0.1) is 0 Å². The Bertz CT molecular complexity index is 545. The molecule has 2 aromatic rings. The third-order valence-corrected chi connectivity index (χ3v) is 4.31. The lowest BCUT2D eigenvalue weighted by Gasteiger charge is -1.98. The summed E-state index contributed by atoms with van der Waals surface area (Å²) in [5, 5.41) is 0. The smallest absolute Gasteiger partial charge is 0.227 e. The normalized spacial score (nSPS) is 10.5. The van der Waals surface area contributed by atoms with Crippen LogP contribution >= 0.6 is 27.3 Å². The Morgan fingerprint density at radius 2 is 1.94 bits per heavy atom. The minimum atomic E-state index is 0.142. The van der Waals surface area contributed by atoms with Crippen LogP contribution in [-0.4, -0.2) is 5.78 Å². The Morgan fingerprint density at radius 1 is 1.29 bits per heavy atom. The van der Waals surface area contributed by atoms with Crippen LogP contribution in [-0.2, 0) is 6.54 Å². The van der Waals surface area contributed by atoms with Gasteiger partial charge in [0.05, 0.1) is 4.88 Å². The van der Waals surface area contributed by atoms with Gasteiger partial charge in [0, 0.05) is 17.0 Å². The lowest BCUT2D eigenvalue weighted by molar-refractivity contribution is -0.684. The summed E-state index contributed by atoms with van der Waals surface area (Å²) in [7, 11) is 0. The monoisotopic (exact) mass is 310 g/mol. The fourth-order valence-electron chi connectivity index (χ4n) is 1.55. The molecular formula is C13H13BrNOS+. The van der Waals surface area contributed by atoms with Gasteiger partial charge >= 0.3 is 0 Å². The second-order valence-corrected chi connectivity index (χ2v) is 5.90. The van der Waals surface area contributed by atoms with Crippen LogP contribution in [0.1, 0.15) is 20.9 Å². The highest BCUT2D eigenvalue weighted by Gasteiger charge is 2.17. The minimum absolute atomic E-state index is 0.142. The first-order valence-electron chi connectivity index (χ1n) is 5.31. The van der Waals surface area contributed by atoms with Crippen molar-refractivity contribution in [3.63, 3.8) is 0 Å². The molecule has 0 saturated heterocycles. The molecule has 0 amide bonds. The molecule has 4 heteroatoms. The fourth-order valence-corrected chi connectivity index (χ4v) is 2.62. The van der Waals surface area contributed by atoms with Gasteiger partial charge in [-0.25, -0.2) is 0 Å². The van der Waals surface area contributed by atoms with Crippen LogP contribution in [0.5, 0.6) is 0 Å². The molecule has 0 unspecified atom stereocenters. The van der Waals surface area contributed by atoms with Crippen LogP contribution in [0.2, 0.25) is 0 Å². The SMILES string of the molecule is Cc1sc[n+](CC(=O)c2ccc(Br)cc2)c1C. The number of aryl methyl sites for hydroxylation is 1. The first-order chi connectivity index (χ1) is 8.08. The highest BCUT2D eigenvalue weighted by atomic mass is 79.9. The summed E-state index contributed by atoms with van der Waals surface area (Å²) in [6, 6.07) is 7.48. The largest absolute Gasteiger partial charge is 0.287 e. The highest BCUT2D eigenvalue weighted by Crippen LogP contribution is 2.12. The van der Waals surface area contributed by atoms with Crippen molar-refractivity contribution in [3.8, 4) is 0 Å². The molecule has 0 aliphatic carbocycles. The molecular weight excluding hydrogens is 298 g/mol. The number of thiazole rings is 1. The number of hydrogen-bond donors (Lipinski definition) is 0. The molecule has 0 radical (unpaired) electrons. The number of aromatic nitrogens is 1. The molecule has 0 atom stereocenters. The predicted molar refractivity (Wildman–Crippen MR) is 72.5 cm³/mol. The topological polar surface area (TPSA) is 20.9 Å². The Balaban J connectivity index is 2.17. The van der Waals surface area contributed by atoms with Crippen LogP contribution in [0.15, 0.2) is 34.2 Å². The van der Waals surface area contributed by atoms with Gasteiger partial charge < -0.3 is 0 Å². The third-order valence-electron chi connectivity index (χ3n) is 2.78. The number of halogens is 1. The summed E-state index contributed by atoms with van der Waals surface area (Å²) < 4.78 is 2.99. The molecule has 2 nitrogen and oxygen atoms in total. The van der Waals surface area contributed by atoms with Crippen molar-refractivity contribution < 1.29 is 9.36 Å². The lowest BCUT2D eigenvalue weighted by Crippen LogP contribution is -2.38. The molecule has 0 fully saturated rings. The van der Waals surface area contributed by atoms with Crippen molar-refractivity contribution in [2.24, 2.45) is 0 Å². The van der Waals surface area contributed by atoms with Crippen LogP contribution in [0.3, 0.4) is 0 Å². The number of carbonyl (C=O) groups excluding carboxylic acids is 1. The average molecular weight is 311 g/mol. The molecule has 88 valence electrons. The maximum Gasteiger partial charge on any atom is 0.227 e. The third kappa shape index (κ3) is 2.82. The molecule has 17 heavy (non-hydrogen) atoms. The summed E-state index contributed by atoms with van der Waals surface area (Å²) >= 11 is 5.04. The van der Waals surface area contributed by atoms with Gasteiger partial charge in [-0.05, 0) is 19.1 Å². The van der Waals surface area contributed by atoms with E-state index in [0.29, 0.717) is 6.54 Å². The first-order valence-corrected chi connectivity index (χ1v) is 6.98. The van der Waals surface area contributed by atoms with Crippen LogP contribution < -0.4 is 4.57 Å². The number of nitrogens with zero attached hydrogens (tertiary/aromatic N) is 1. The van der Waals surface area contributed by atoms with Gasteiger partial charge in [-0.3, -0.25) is 4.79 Å². The summed E-state index contributed by atoms with van der Waals surface area (Å²) in [5.41, 5.74) is 3.92. The Morgan fingerprint density at radius 3 is 2.47 bits per heavy atom.